The van der Waals surface area contributed by atoms with Gasteiger partial charge < -0.3 is 19.5 Å². The Morgan fingerprint density at radius 3 is 2.67 bits per heavy atom. The monoisotopic (exact) mass is 448 g/mol. The molecule has 0 atom stereocenters. The van der Waals surface area contributed by atoms with Gasteiger partial charge in [-0.05, 0) is 44.5 Å². The topological polar surface area (TPSA) is 97.1 Å². The van der Waals surface area contributed by atoms with Crippen LogP contribution in [-0.4, -0.2) is 80.4 Å². The summed E-state index contributed by atoms with van der Waals surface area (Å²) >= 11 is 0. The number of ether oxygens (including phenoxy) is 1. The highest BCUT2D eigenvalue weighted by molar-refractivity contribution is 5.85. The first kappa shape index (κ1) is 20.4. The summed E-state index contributed by atoms with van der Waals surface area (Å²) in [6.45, 7) is 6.94. The molecule has 0 bridgehead atoms. The quantitative estimate of drug-likeness (QED) is 0.511. The van der Waals surface area contributed by atoms with Crippen molar-refractivity contribution in [3.63, 3.8) is 0 Å². The van der Waals surface area contributed by atoms with E-state index in [0.717, 1.165) is 61.4 Å². The molecule has 0 radical (unpaired) electrons. The van der Waals surface area contributed by atoms with Crippen LogP contribution in [0.1, 0.15) is 24.4 Å². The van der Waals surface area contributed by atoms with Crippen molar-refractivity contribution >= 4 is 28.0 Å². The van der Waals surface area contributed by atoms with Gasteiger partial charge in [0.2, 0.25) is 5.95 Å². The first-order valence-corrected chi connectivity index (χ1v) is 11.6. The number of likely N-dealkylation sites (N-methyl/N-ethyl adjacent to an activating group) is 1. The van der Waals surface area contributed by atoms with Gasteiger partial charge in [0.25, 0.3) is 0 Å². The molecular formula is C23H28N8O2. The molecule has 2 saturated heterocycles. The number of rotatable bonds is 3. The Labute approximate surface area is 190 Å². The second-order valence-electron chi connectivity index (χ2n) is 9.09. The Morgan fingerprint density at radius 1 is 1.09 bits per heavy atom. The lowest BCUT2D eigenvalue weighted by Crippen LogP contribution is -2.45. The summed E-state index contributed by atoms with van der Waals surface area (Å²) in [6, 6.07) is 6.21. The van der Waals surface area contributed by atoms with Gasteiger partial charge in [-0.15, -0.1) is 0 Å². The van der Waals surface area contributed by atoms with E-state index in [-0.39, 0.29) is 11.7 Å². The van der Waals surface area contributed by atoms with Crippen molar-refractivity contribution in [2.45, 2.75) is 25.8 Å². The number of aromatic amines is 1. The van der Waals surface area contributed by atoms with Crippen molar-refractivity contribution < 1.29 is 4.74 Å². The number of aromatic nitrogens is 6. The molecule has 3 aromatic heterocycles. The second kappa shape index (κ2) is 7.96. The molecule has 2 fully saturated rings. The molecule has 1 N–H and O–H groups in total. The number of imidazole rings is 2. The summed E-state index contributed by atoms with van der Waals surface area (Å²) in [5, 5.41) is 0. The van der Waals surface area contributed by atoms with Gasteiger partial charge in [0, 0.05) is 45.4 Å². The zero-order valence-electron chi connectivity index (χ0n) is 19.0. The minimum Gasteiger partial charge on any atom is -0.381 e. The Morgan fingerprint density at radius 2 is 1.88 bits per heavy atom. The normalized spacial score (nSPS) is 18.5. The lowest BCUT2D eigenvalue weighted by Gasteiger charge is -2.33. The lowest BCUT2D eigenvalue weighted by atomic mass is 10.1. The van der Waals surface area contributed by atoms with E-state index < -0.39 is 0 Å². The SMILES string of the molecule is Cc1ccc2ncn(-c3nc(N4CCN(C)CC4)c4[nH]c(=O)n(C5CCOCC5)c4n3)c2c1. The summed E-state index contributed by atoms with van der Waals surface area (Å²) in [7, 11) is 2.13. The van der Waals surface area contributed by atoms with Crippen LogP contribution in [0.25, 0.3) is 28.1 Å². The third-order valence-corrected chi connectivity index (χ3v) is 6.81. The number of fused-ring (bicyclic) bond motifs is 2. The summed E-state index contributed by atoms with van der Waals surface area (Å²) in [5.41, 5.74) is 4.21. The molecule has 33 heavy (non-hydrogen) atoms. The van der Waals surface area contributed by atoms with E-state index in [1.165, 1.54) is 0 Å². The van der Waals surface area contributed by atoms with E-state index in [1.807, 2.05) is 21.3 Å². The van der Waals surface area contributed by atoms with Crippen LogP contribution in [0.4, 0.5) is 5.82 Å². The van der Waals surface area contributed by atoms with E-state index >= 15 is 0 Å². The summed E-state index contributed by atoms with van der Waals surface area (Å²) in [6.07, 6.45) is 3.36. The van der Waals surface area contributed by atoms with Gasteiger partial charge in [-0.1, -0.05) is 6.07 Å². The Bertz CT molecular complexity index is 1370. The van der Waals surface area contributed by atoms with Crippen molar-refractivity contribution in [1.82, 2.24) is 34.0 Å². The van der Waals surface area contributed by atoms with Gasteiger partial charge >= 0.3 is 5.69 Å². The molecule has 4 aromatic rings. The Balaban J connectivity index is 1.57. The number of anilines is 1. The number of benzene rings is 1. The maximum atomic E-state index is 13.1. The molecule has 1 aromatic carbocycles. The predicted molar refractivity (Wildman–Crippen MR) is 126 cm³/mol. The van der Waals surface area contributed by atoms with Crippen LogP contribution in [0.15, 0.2) is 29.3 Å². The van der Waals surface area contributed by atoms with E-state index in [0.29, 0.717) is 30.3 Å². The van der Waals surface area contributed by atoms with Gasteiger partial charge in [-0.25, -0.2) is 9.78 Å². The van der Waals surface area contributed by atoms with E-state index in [4.69, 9.17) is 14.7 Å². The molecule has 5 heterocycles. The van der Waals surface area contributed by atoms with Crippen LogP contribution in [0.5, 0.6) is 0 Å². The van der Waals surface area contributed by atoms with Crippen LogP contribution in [0, 0.1) is 6.92 Å². The molecule has 0 amide bonds. The molecule has 2 aliphatic rings. The molecule has 0 unspecified atom stereocenters. The number of hydrogen-bond acceptors (Lipinski definition) is 7. The van der Waals surface area contributed by atoms with Crippen LogP contribution < -0.4 is 10.6 Å². The second-order valence-corrected chi connectivity index (χ2v) is 9.09. The zero-order valence-corrected chi connectivity index (χ0v) is 19.0. The van der Waals surface area contributed by atoms with Crippen LogP contribution >= 0.6 is 0 Å². The summed E-state index contributed by atoms with van der Waals surface area (Å²) in [5.74, 6) is 1.31. The third-order valence-electron chi connectivity index (χ3n) is 6.81. The van der Waals surface area contributed by atoms with Crippen molar-refractivity contribution in [1.29, 1.82) is 0 Å². The fourth-order valence-electron chi connectivity index (χ4n) is 4.89. The van der Waals surface area contributed by atoms with Crippen molar-refractivity contribution in [2.75, 3.05) is 51.3 Å². The van der Waals surface area contributed by atoms with Gasteiger partial charge in [0.05, 0.1) is 11.0 Å². The predicted octanol–water partition coefficient (Wildman–Crippen LogP) is 1.87. The molecule has 0 saturated carbocycles. The van der Waals surface area contributed by atoms with Crippen LogP contribution in [-0.2, 0) is 4.74 Å². The summed E-state index contributed by atoms with van der Waals surface area (Å²) in [4.78, 5) is 35.2. The Kier molecular flexibility index (Phi) is 4.92. The van der Waals surface area contributed by atoms with Crippen molar-refractivity contribution in [2.24, 2.45) is 0 Å². The average molecular weight is 449 g/mol. The first-order valence-electron chi connectivity index (χ1n) is 11.6. The minimum absolute atomic E-state index is 0.0601. The van der Waals surface area contributed by atoms with Crippen LogP contribution in [0.3, 0.4) is 0 Å². The van der Waals surface area contributed by atoms with Crippen LogP contribution in [0.2, 0.25) is 0 Å². The van der Waals surface area contributed by atoms with Gasteiger partial charge in [0.15, 0.2) is 11.5 Å². The molecule has 2 aliphatic heterocycles. The average Bonchev–Trinajstić information content (AvgIpc) is 3.39. The molecule has 172 valence electrons. The van der Waals surface area contributed by atoms with E-state index in [2.05, 4.69) is 39.8 Å². The molecule has 10 heteroatoms. The first-order chi connectivity index (χ1) is 16.1. The Hall–Kier alpha value is -3.24. The maximum Gasteiger partial charge on any atom is 0.328 e. The van der Waals surface area contributed by atoms with Gasteiger partial charge in [0.1, 0.15) is 11.8 Å². The molecule has 0 spiro atoms. The van der Waals surface area contributed by atoms with E-state index in [9.17, 15) is 4.79 Å². The largest absolute Gasteiger partial charge is 0.381 e. The molecule has 6 rings (SSSR count). The third kappa shape index (κ3) is 3.50. The fourth-order valence-corrected chi connectivity index (χ4v) is 4.89. The number of nitrogens with zero attached hydrogens (tertiary/aromatic N) is 7. The van der Waals surface area contributed by atoms with Crippen molar-refractivity contribution in [3.8, 4) is 5.95 Å². The molecule has 10 nitrogen and oxygen atoms in total. The number of piperazine rings is 1. The number of hydrogen-bond donors (Lipinski definition) is 1. The highest BCUT2D eigenvalue weighted by Crippen LogP contribution is 2.29. The van der Waals surface area contributed by atoms with E-state index in [1.54, 1.807) is 6.33 Å². The molecular weight excluding hydrogens is 420 g/mol. The smallest absolute Gasteiger partial charge is 0.328 e. The fraction of sp³-hybridized carbons (Fsp3) is 0.478. The number of H-pyrrole nitrogens is 1. The van der Waals surface area contributed by atoms with Gasteiger partial charge in [-0.2, -0.15) is 9.97 Å². The van der Waals surface area contributed by atoms with Crippen molar-refractivity contribution in [3.05, 3.63) is 40.6 Å². The minimum atomic E-state index is -0.134. The zero-order chi connectivity index (χ0) is 22.5. The maximum absolute atomic E-state index is 13.1. The highest BCUT2D eigenvalue weighted by atomic mass is 16.5. The highest BCUT2D eigenvalue weighted by Gasteiger charge is 2.27. The standard InChI is InChI=1S/C23H28N8O2/c1-15-3-4-17-18(13-15)30(14-24-17)22-26-20(29-9-7-28(2)8-10-29)19-21(27-22)31(23(32)25-19)16-5-11-33-12-6-16/h3-4,13-14,16H,5-12H2,1-2H3,(H,25,32). The molecule has 0 aliphatic carbocycles. The van der Waals surface area contributed by atoms with Gasteiger partial charge in [-0.3, -0.25) is 9.13 Å². The lowest BCUT2D eigenvalue weighted by molar-refractivity contribution is 0.0697. The summed E-state index contributed by atoms with van der Waals surface area (Å²) < 4.78 is 9.27. The number of nitrogens with one attached hydrogen (secondary N) is 1. The number of aryl methyl sites for hydroxylation is 1.